The molecule has 1 heterocycles. The van der Waals surface area contributed by atoms with Crippen molar-refractivity contribution in [3.05, 3.63) is 90.0 Å². The fraction of sp³-hybridized carbons (Fsp3) is 0.0870. The van der Waals surface area contributed by atoms with Crippen LogP contribution in [-0.4, -0.2) is 20.9 Å². The lowest BCUT2D eigenvalue weighted by molar-refractivity contribution is 0.319. The van der Waals surface area contributed by atoms with E-state index >= 15 is 0 Å². The molecular formula is C23H21N5O. The van der Waals surface area contributed by atoms with Crippen LogP contribution in [0.1, 0.15) is 18.1 Å². The third-order valence-electron chi connectivity index (χ3n) is 4.61. The van der Waals surface area contributed by atoms with Crippen LogP contribution in [0.25, 0.3) is 10.9 Å². The minimum Gasteiger partial charge on any atom is -0.411 e. The maximum Gasteiger partial charge on any atom is 0.229 e. The van der Waals surface area contributed by atoms with Crippen LogP contribution < -0.4 is 10.6 Å². The van der Waals surface area contributed by atoms with Gasteiger partial charge in [0.25, 0.3) is 0 Å². The summed E-state index contributed by atoms with van der Waals surface area (Å²) in [5, 5.41) is 19.8. The van der Waals surface area contributed by atoms with E-state index in [1.54, 1.807) is 6.92 Å². The van der Waals surface area contributed by atoms with Gasteiger partial charge in [-0.05, 0) is 42.3 Å². The van der Waals surface area contributed by atoms with Crippen LogP contribution >= 0.6 is 0 Å². The first-order chi connectivity index (χ1) is 14.2. The Balaban J connectivity index is 1.61. The summed E-state index contributed by atoms with van der Waals surface area (Å²) in [6.45, 7) is 2.43. The van der Waals surface area contributed by atoms with E-state index in [1.807, 2.05) is 66.7 Å². The molecule has 0 spiro atoms. The van der Waals surface area contributed by atoms with Crippen molar-refractivity contribution in [2.75, 3.05) is 10.6 Å². The average molecular weight is 383 g/mol. The maximum atomic E-state index is 8.90. The summed E-state index contributed by atoms with van der Waals surface area (Å²) in [6, 6.07) is 25.7. The molecule has 0 atom stereocenters. The molecule has 6 heteroatoms. The van der Waals surface area contributed by atoms with Crippen molar-refractivity contribution >= 4 is 34.1 Å². The average Bonchev–Trinajstić information content (AvgIpc) is 2.78. The number of rotatable bonds is 6. The second-order valence-electron chi connectivity index (χ2n) is 6.64. The van der Waals surface area contributed by atoms with Crippen molar-refractivity contribution < 1.29 is 5.21 Å². The van der Waals surface area contributed by atoms with Crippen molar-refractivity contribution in [3.63, 3.8) is 0 Å². The van der Waals surface area contributed by atoms with Crippen molar-refractivity contribution in [2.45, 2.75) is 13.5 Å². The van der Waals surface area contributed by atoms with E-state index in [4.69, 9.17) is 5.21 Å². The molecule has 6 nitrogen and oxygen atoms in total. The highest BCUT2D eigenvalue weighted by molar-refractivity contribution is 5.98. The van der Waals surface area contributed by atoms with Crippen LogP contribution in [-0.2, 0) is 6.54 Å². The van der Waals surface area contributed by atoms with Gasteiger partial charge in [-0.15, -0.1) is 0 Å². The number of hydrogen-bond donors (Lipinski definition) is 3. The van der Waals surface area contributed by atoms with Gasteiger partial charge in [-0.3, -0.25) is 0 Å². The molecule has 4 aromatic rings. The third kappa shape index (κ3) is 4.32. The number of aromatic nitrogens is 2. The minimum atomic E-state index is 0.513. The number of oxime groups is 1. The topological polar surface area (TPSA) is 82.4 Å². The number of anilines is 3. The van der Waals surface area contributed by atoms with E-state index in [2.05, 4.69) is 37.9 Å². The Kier molecular flexibility index (Phi) is 5.33. The predicted octanol–water partition coefficient (Wildman–Crippen LogP) is 5.18. The molecule has 29 heavy (non-hydrogen) atoms. The number of benzene rings is 3. The molecule has 1 aromatic heterocycles. The van der Waals surface area contributed by atoms with Gasteiger partial charge in [0, 0.05) is 17.6 Å². The number of hydrogen-bond acceptors (Lipinski definition) is 6. The Bertz CT molecular complexity index is 1140. The Morgan fingerprint density at radius 3 is 2.38 bits per heavy atom. The van der Waals surface area contributed by atoms with Gasteiger partial charge in [0.05, 0.1) is 11.2 Å². The smallest absolute Gasteiger partial charge is 0.229 e. The summed E-state index contributed by atoms with van der Waals surface area (Å²) in [5.41, 5.74) is 4.30. The van der Waals surface area contributed by atoms with Gasteiger partial charge < -0.3 is 15.8 Å². The number of para-hydroxylation sites is 1. The first-order valence-corrected chi connectivity index (χ1v) is 9.33. The lowest BCUT2D eigenvalue weighted by Crippen LogP contribution is -2.06. The molecule has 3 N–H and O–H groups in total. The molecule has 0 aliphatic carbocycles. The standard InChI is InChI=1S/C23H21N5O/c1-16(28-29)18-11-13-19(14-12-18)25-23-26-21-10-6-5-9-20(21)22(27-23)24-15-17-7-3-2-4-8-17/h2-14,29H,15H2,1H3,(H2,24,25,26,27)/b28-16-. The monoisotopic (exact) mass is 383 g/mol. The molecule has 0 fully saturated rings. The predicted molar refractivity (Wildman–Crippen MR) is 117 cm³/mol. The van der Waals surface area contributed by atoms with Gasteiger partial charge >= 0.3 is 0 Å². The first kappa shape index (κ1) is 18.4. The number of nitrogens with one attached hydrogen (secondary N) is 2. The summed E-state index contributed by atoms with van der Waals surface area (Å²) >= 11 is 0. The Labute approximate surface area is 169 Å². The van der Waals surface area contributed by atoms with Crippen molar-refractivity contribution in [3.8, 4) is 0 Å². The Hall–Kier alpha value is -3.93. The molecule has 0 bridgehead atoms. The molecule has 0 saturated heterocycles. The molecule has 0 aliphatic rings. The molecule has 0 unspecified atom stereocenters. The zero-order chi connectivity index (χ0) is 20.1. The summed E-state index contributed by atoms with van der Waals surface area (Å²) < 4.78 is 0. The lowest BCUT2D eigenvalue weighted by atomic mass is 10.1. The van der Waals surface area contributed by atoms with Gasteiger partial charge in [0.1, 0.15) is 5.82 Å². The summed E-state index contributed by atoms with van der Waals surface area (Å²) in [6.07, 6.45) is 0. The van der Waals surface area contributed by atoms with Crippen LogP contribution in [0.2, 0.25) is 0 Å². The van der Waals surface area contributed by atoms with Crippen LogP contribution in [0.15, 0.2) is 84.0 Å². The van der Waals surface area contributed by atoms with Crippen LogP contribution in [0.4, 0.5) is 17.5 Å². The first-order valence-electron chi connectivity index (χ1n) is 9.33. The van der Waals surface area contributed by atoms with Gasteiger partial charge in [-0.25, -0.2) is 4.98 Å². The highest BCUT2D eigenvalue weighted by Gasteiger charge is 2.08. The number of nitrogens with zero attached hydrogens (tertiary/aromatic N) is 3. The van der Waals surface area contributed by atoms with E-state index in [-0.39, 0.29) is 0 Å². The van der Waals surface area contributed by atoms with Crippen molar-refractivity contribution in [2.24, 2.45) is 5.16 Å². The van der Waals surface area contributed by atoms with E-state index in [0.29, 0.717) is 18.2 Å². The van der Waals surface area contributed by atoms with Crippen molar-refractivity contribution in [1.82, 2.24) is 9.97 Å². The molecular weight excluding hydrogens is 362 g/mol. The van der Waals surface area contributed by atoms with E-state index in [1.165, 1.54) is 5.56 Å². The third-order valence-corrected chi connectivity index (χ3v) is 4.61. The fourth-order valence-electron chi connectivity index (χ4n) is 3.03. The molecule has 0 amide bonds. The van der Waals surface area contributed by atoms with Crippen LogP contribution in [0.5, 0.6) is 0 Å². The molecule has 0 saturated carbocycles. The normalized spacial score (nSPS) is 11.4. The van der Waals surface area contributed by atoms with E-state index in [9.17, 15) is 0 Å². The van der Waals surface area contributed by atoms with Crippen LogP contribution in [0, 0.1) is 0 Å². The molecule has 144 valence electrons. The van der Waals surface area contributed by atoms with E-state index < -0.39 is 0 Å². The zero-order valence-electron chi connectivity index (χ0n) is 16.0. The zero-order valence-corrected chi connectivity index (χ0v) is 16.0. The van der Waals surface area contributed by atoms with E-state index in [0.717, 1.165) is 28.0 Å². The van der Waals surface area contributed by atoms with Crippen molar-refractivity contribution in [1.29, 1.82) is 0 Å². The molecule has 0 aliphatic heterocycles. The molecule has 0 radical (unpaired) electrons. The summed E-state index contributed by atoms with van der Waals surface area (Å²) in [7, 11) is 0. The highest BCUT2D eigenvalue weighted by atomic mass is 16.4. The highest BCUT2D eigenvalue weighted by Crippen LogP contribution is 2.24. The quantitative estimate of drug-likeness (QED) is 0.243. The second kappa shape index (κ2) is 8.39. The largest absolute Gasteiger partial charge is 0.411 e. The lowest BCUT2D eigenvalue weighted by Gasteiger charge is -2.12. The summed E-state index contributed by atoms with van der Waals surface area (Å²) in [5.74, 6) is 1.29. The number of fused-ring (bicyclic) bond motifs is 1. The minimum absolute atomic E-state index is 0.513. The van der Waals surface area contributed by atoms with Gasteiger partial charge in [0.2, 0.25) is 5.95 Å². The Morgan fingerprint density at radius 1 is 0.897 bits per heavy atom. The SMILES string of the molecule is C/C(=N/O)c1ccc(Nc2nc(NCc3ccccc3)c3ccccc3n2)cc1. The molecule has 3 aromatic carbocycles. The second-order valence-corrected chi connectivity index (χ2v) is 6.64. The maximum absolute atomic E-state index is 8.90. The summed E-state index contributed by atoms with van der Waals surface area (Å²) in [4.78, 5) is 9.32. The fourth-order valence-corrected chi connectivity index (χ4v) is 3.03. The van der Waals surface area contributed by atoms with Gasteiger partial charge in [0.15, 0.2) is 0 Å². The van der Waals surface area contributed by atoms with Crippen LogP contribution in [0.3, 0.4) is 0 Å². The van der Waals surface area contributed by atoms with Gasteiger partial charge in [-0.2, -0.15) is 4.98 Å². The van der Waals surface area contributed by atoms with Gasteiger partial charge in [-0.1, -0.05) is 59.8 Å². The Morgan fingerprint density at radius 2 is 1.62 bits per heavy atom. The molecule has 4 rings (SSSR count).